The summed E-state index contributed by atoms with van der Waals surface area (Å²) in [6.07, 6.45) is 0. The van der Waals surface area contributed by atoms with Gasteiger partial charge in [0.25, 0.3) is 0 Å². The van der Waals surface area contributed by atoms with Gasteiger partial charge in [-0.15, -0.1) is 0 Å². The number of carboxylic acids is 1. The third-order valence-electron chi connectivity index (χ3n) is 3.17. The van der Waals surface area contributed by atoms with Gasteiger partial charge < -0.3 is 10.4 Å². The van der Waals surface area contributed by atoms with Gasteiger partial charge >= 0.3 is 5.97 Å². The molecule has 3 nitrogen and oxygen atoms in total. The van der Waals surface area contributed by atoms with E-state index in [-0.39, 0.29) is 11.6 Å². The molecule has 0 bridgehead atoms. The topological polar surface area (TPSA) is 49.3 Å². The van der Waals surface area contributed by atoms with Gasteiger partial charge in [0.05, 0.1) is 5.56 Å². The highest BCUT2D eigenvalue weighted by Gasteiger charge is 2.10. The minimum atomic E-state index is -0.927. The summed E-state index contributed by atoms with van der Waals surface area (Å²) in [5, 5.41) is 12.3. The van der Waals surface area contributed by atoms with Gasteiger partial charge in [0, 0.05) is 16.2 Å². The number of rotatable bonds is 4. The fourth-order valence-corrected chi connectivity index (χ4v) is 2.43. The average Bonchev–Trinajstić information content (AvgIpc) is 2.41. The summed E-state index contributed by atoms with van der Waals surface area (Å²) >= 11 is 3.40. The van der Waals surface area contributed by atoms with Crippen LogP contribution in [0.5, 0.6) is 0 Å². The maximum Gasteiger partial charge on any atom is 0.335 e. The van der Waals surface area contributed by atoms with Crippen LogP contribution in [-0.2, 0) is 0 Å². The molecule has 4 heteroatoms. The molecular weight excluding hydrogens is 318 g/mol. The molecule has 0 radical (unpaired) electrons. The lowest BCUT2D eigenvalue weighted by Gasteiger charge is -2.17. The Hall–Kier alpha value is -1.81. The second-order valence-corrected chi connectivity index (χ2v) is 5.63. The van der Waals surface area contributed by atoms with Crippen molar-refractivity contribution in [1.29, 1.82) is 0 Å². The number of nitrogens with one attached hydrogen (secondary N) is 1. The Bertz CT molecular complexity index is 623. The molecule has 2 aromatic rings. The zero-order valence-electron chi connectivity index (χ0n) is 11.4. The van der Waals surface area contributed by atoms with Crippen molar-refractivity contribution in [2.75, 3.05) is 5.32 Å². The number of hydrogen-bond acceptors (Lipinski definition) is 2. The largest absolute Gasteiger partial charge is 0.478 e. The van der Waals surface area contributed by atoms with Crippen LogP contribution in [0.4, 0.5) is 5.69 Å². The third kappa shape index (κ3) is 3.39. The SMILES string of the molecule is Cc1ccc(C(C)Nc2ccc(C(=O)O)cc2Br)cc1. The molecule has 1 atom stereocenters. The molecular formula is C16H16BrNO2. The normalized spacial score (nSPS) is 11.9. The standard InChI is InChI=1S/C16H16BrNO2/c1-10-3-5-12(6-4-10)11(2)18-15-8-7-13(16(19)20)9-14(15)17/h3-9,11,18H,1-2H3,(H,19,20). The molecule has 2 N–H and O–H groups in total. The van der Waals surface area contributed by atoms with E-state index in [0.29, 0.717) is 0 Å². The lowest BCUT2D eigenvalue weighted by Crippen LogP contribution is -2.07. The van der Waals surface area contributed by atoms with E-state index < -0.39 is 5.97 Å². The van der Waals surface area contributed by atoms with Gasteiger partial charge in [0.15, 0.2) is 0 Å². The zero-order valence-corrected chi connectivity index (χ0v) is 12.9. The minimum Gasteiger partial charge on any atom is -0.478 e. The highest BCUT2D eigenvalue weighted by Crippen LogP contribution is 2.27. The van der Waals surface area contributed by atoms with E-state index in [0.717, 1.165) is 10.2 Å². The summed E-state index contributed by atoms with van der Waals surface area (Å²) in [5.41, 5.74) is 3.56. The first-order valence-corrected chi connectivity index (χ1v) is 7.12. The minimum absolute atomic E-state index is 0.141. The van der Waals surface area contributed by atoms with Crippen LogP contribution >= 0.6 is 15.9 Å². The van der Waals surface area contributed by atoms with Crippen molar-refractivity contribution in [3.8, 4) is 0 Å². The van der Waals surface area contributed by atoms with Crippen LogP contribution < -0.4 is 5.32 Å². The van der Waals surface area contributed by atoms with E-state index in [9.17, 15) is 4.79 Å². The molecule has 0 aliphatic heterocycles. The van der Waals surface area contributed by atoms with Crippen molar-refractivity contribution in [1.82, 2.24) is 0 Å². The number of carbonyl (C=O) groups is 1. The zero-order chi connectivity index (χ0) is 14.7. The Morgan fingerprint density at radius 1 is 1.20 bits per heavy atom. The molecule has 2 rings (SSSR count). The number of halogens is 1. The van der Waals surface area contributed by atoms with Gasteiger partial charge in [0.1, 0.15) is 0 Å². The lowest BCUT2D eigenvalue weighted by molar-refractivity contribution is 0.0697. The summed E-state index contributed by atoms with van der Waals surface area (Å²) in [6.45, 7) is 4.13. The van der Waals surface area contributed by atoms with Crippen molar-refractivity contribution < 1.29 is 9.90 Å². The molecule has 0 aliphatic carbocycles. The summed E-state index contributed by atoms with van der Waals surface area (Å²) in [6, 6.07) is 13.5. The van der Waals surface area contributed by atoms with E-state index in [2.05, 4.69) is 59.4 Å². The Morgan fingerprint density at radius 2 is 1.85 bits per heavy atom. The fraction of sp³-hybridized carbons (Fsp3) is 0.188. The average molecular weight is 334 g/mol. The van der Waals surface area contributed by atoms with Crippen molar-refractivity contribution in [2.45, 2.75) is 19.9 Å². The molecule has 2 aromatic carbocycles. The maximum absolute atomic E-state index is 10.9. The smallest absolute Gasteiger partial charge is 0.335 e. The van der Waals surface area contributed by atoms with Crippen molar-refractivity contribution in [2.24, 2.45) is 0 Å². The summed E-state index contributed by atoms with van der Waals surface area (Å²) < 4.78 is 0.747. The van der Waals surface area contributed by atoms with Crippen molar-refractivity contribution in [3.63, 3.8) is 0 Å². The fourth-order valence-electron chi connectivity index (χ4n) is 1.94. The highest BCUT2D eigenvalue weighted by molar-refractivity contribution is 9.10. The summed E-state index contributed by atoms with van der Waals surface area (Å²) in [5.74, 6) is -0.927. The van der Waals surface area contributed by atoms with E-state index in [1.54, 1.807) is 18.2 Å². The van der Waals surface area contributed by atoms with E-state index in [1.165, 1.54) is 11.1 Å². The molecule has 0 aliphatic rings. The number of hydrogen-bond donors (Lipinski definition) is 2. The molecule has 1 unspecified atom stereocenters. The maximum atomic E-state index is 10.9. The lowest BCUT2D eigenvalue weighted by atomic mass is 10.1. The number of benzene rings is 2. The predicted octanol–water partition coefficient (Wildman–Crippen LogP) is 4.63. The van der Waals surface area contributed by atoms with Crippen molar-refractivity contribution in [3.05, 3.63) is 63.6 Å². The van der Waals surface area contributed by atoms with E-state index >= 15 is 0 Å². The van der Waals surface area contributed by atoms with Crippen LogP contribution in [0.3, 0.4) is 0 Å². The Labute approximate surface area is 126 Å². The third-order valence-corrected chi connectivity index (χ3v) is 3.82. The Morgan fingerprint density at radius 3 is 2.40 bits per heavy atom. The van der Waals surface area contributed by atoms with Gasteiger partial charge in [-0.1, -0.05) is 29.8 Å². The quantitative estimate of drug-likeness (QED) is 0.857. The van der Waals surface area contributed by atoms with Gasteiger partial charge in [-0.3, -0.25) is 0 Å². The molecule has 0 fully saturated rings. The number of aromatic carboxylic acids is 1. The van der Waals surface area contributed by atoms with Crippen LogP contribution in [0.1, 0.15) is 34.5 Å². The first kappa shape index (κ1) is 14.6. The van der Waals surface area contributed by atoms with Gasteiger partial charge in [-0.2, -0.15) is 0 Å². The predicted molar refractivity (Wildman–Crippen MR) is 84.3 cm³/mol. The van der Waals surface area contributed by atoms with Crippen LogP contribution in [0.15, 0.2) is 46.9 Å². The molecule has 0 saturated carbocycles. The van der Waals surface area contributed by atoms with E-state index in [4.69, 9.17) is 5.11 Å². The van der Waals surface area contributed by atoms with E-state index in [1.807, 2.05) is 0 Å². The van der Waals surface area contributed by atoms with Gasteiger partial charge in [-0.25, -0.2) is 4.79 Å². The monoisotopic (exact) mass is 333 g/mol. The van der Waals surface area contributed by atoms with Crippen LogP contribution in [0.25, 0.3) is 0 Å². The first-order chi connectivity index (χ1) is 9.47. The number of anilines is 1. The second-order valence-electron chi connectivity index (χ2n) is 4.78. The van der Waals surface area contributed by atoms with Crippen molar-refractivity contribution >= 4 is 27.6 Å². The van der Waals surface area contributed by atoms with Gasteiger partial charge in [-0.05, 0) is 53.5 Å². The van der Waals surface area contributed by atoms with Gasteiger partial charge in [0.2, 0.25) is 0 Å². The van der Waals surface area contributed by atoms with Crippen LogP contribution in [-0.4, -0.2) is 11.1 Å². The summed E-state index contributed by atoms with van der Waals surface area (Å²) in [4.78, 5) is 10.9. The molecule has 0 spiro atoms. The van der Waals surface area contributed by atoms with Crippen LogP contribution in [0.2, 0.25) is 0 Å². The molecule has 0 aromatic heterocycles. The number of aryl methyl sites for hydroxylation is 1. The molecule has 0 heterocycles. The Kier molecular flexibility index (Phi) is 4.45. The molecule has 0 amide bonds. The Balaban J connectivity index is 2.17. The second kappa shape index (κ2) is 6.09. The van der Waals surface area contributed by atoms with Crippen LogP contribution in [0, 0.1) is 6.92 Å². The first-order valence-electron chi connectivity index (χ1n) is 6.33. The summed E-state index contributed by atoms with van der Waals surface area (Å²) in [7, 11) is 0. The molecule has 104 valence electrons. The number of carboxylic acid groups (broad SMARTS) is 1. The molecule has 0 saturated heterocycles. The molecule has 20 heavy (non-hydrogen) atoms. The highest BCUT2D eigenvalue weighted by atomic mass is 79.9.